The number of benzene rings is 2. The van der Waals surface area contributed by atoms with Gasteiger partial charge in [0.2, 0.25) is 0 Å². The molecule has 172 valence electrons. The Hall–Kier alpha value is -1.98. The predicted molar refractivity (Wildman–Crippen MR) is 140 cm³/mol. The Morgan fingerprint density at radius 2 is 1.15 bits per heavy atom. The lowest BCUT2D eigenvalue weighted by Gasteiger charge is -2.02. The molecule has 0 unspecified atom stereocenters. The van der Waals surface area contributed by atoms with Crippen LogP contribution >= 0.6 is 47.8 Å². The molecule has 0 aliphatic heterocycles. The van der Waals surface area contributed by atoms with Crippen LogP contribution in [0, 0.1) is 11.6 Å². The molecule has 0 amide bonds. The SMILES string of the molecule is Brc1cncc(Br)c1.C.Fc1ccccc1-c1cncc(Br)c1.OB(O)c1ccccc1F. The van der Waals surface area contributed by atoms with Crippen molar-refractivity contribution in [3.8, 4) is 11.1 Å². The molecule has 0 saturated heterocycles. The first-order valence-electron chi connectivity index (χ1n) is 9.00. The van der Waals surface area contributed by atoms with Crippen molar-refractivity contribution in [1.29, 1.82) is 0 Å². The fourth-order valence-electron chi connectivity index (χ4n) is 2.32. The maximum atomic E-state index is 13.4. The van der Waals surface area contributed by atoms with Crippen molar-refractivity contribution in [2.45, 2.75) is 7.43 Å². The van der Waals surface area contributed by atoms with Gasteiger partial charge in [-0.15, -0.1) is 0 Å². The third-order valence-electron chi connectivity index (χ3n) is 3.74. The van der Waals surface area contributed by atoms with Crippen molar-refractivity contribution in [1.82, 2.24) is 9.97 Å². The van der Waals surface area contributed by atoms with Crippen molar-refractivity contribution in [3.63, 3.8) is 0 Å². The van der Waals surface area contributed by atoms with Crippen LogP contribution in [0.4, 0.5) is 8.78 Å². The van der Waals surface area contributed by atoms with Gasteiger partial charge in [-0.25, -0.2) is 8.78 Å². The normalized spacial score (nSPS) is 9.42. The van der Waals surface area contributed by atoms with Gasteiger partial charge in [0.05, 0.1) is 0 Å². The zero-order valence-electron chi connectivity index (χ0n) is 16.3. The van der Waals surface area contributed by atoms with Crippen molar-refractivity contribution in [3.05, 3.63) is 111 Å². The van der Waals surface area contributed by atoms with Crippen LogP contribution < -0.4 is 5.46 Å². The standard InChI is InChI=1S/C11H7BrFN.C6H6BFO2.C5H3Br2N.CH4/c12-9-5-8(6-14-7-9)10-3-1-2-4-11(10)13;8-6-4-2-1-3-5(6)7(9)10;6-4-1-5(7)3-8-2-4;/h1-7H;1-4,9-10H;1-3H;1H4. The van der Waals surface area contributed by atoms with E-state index in [1.165, 1.54) is 30.3 Å². The van der Waals surface area contributed by atoms with Crippen LogP contribution in [0.5, 0.6) is 0 Å². The summed E-state index contributed by atoms with van der Waals surface area (Å²) < 4.78 is 28.7. The van der Waals surface area contributed by atoms with Gasteiger partial charge in [-0.3, -0.25) is 9.97 Å². The molecule has 4 nitrogen and oxygen atoms in total. The molecule has 2 aromatic carbocycles. The second-order valence-corrected chi connectivity index (χ2v) is 8.84. The number of nitrogens with zero attached hydrogens (tertiary/aromatic N) is 2. The lowest BCUT2D eigenvalue weighted by molar-refractivity contribution is 0.423. The first-order valence-corrected chi connectivity index (χ1v) is 11.4. The molecule has 10 heteroatoms. The number of aromatic nitrogens is 2. The number of halogens is 5. The molecule has 0 saturated carbocycles. The van der Waals surface area contributed by atoms with E-state index in [-0.39, 0.29) is 18.7 Å². The highest BCUT2D eigenvalue weighted by Gasteiger charge is 2.14. The molecule has 0 aliphatic carbocycles. The number of pyridine rings is 2. The van der Waals surface area contributed by atoms with Crippen LogP contribution in [0.3, 0.4) is 0 Å². The van der Waals surface area contributed by atoms with Crippen LogP contribution in [-0.4, -0.2) is 27.1 Å². The molecular formula is C23H20BBr3F2N2O2. The van der Waals surface area contributed by atoms with E-state index in [0.29, 0.717) is 5.56 Å². The molecule has 0 fully saturated rings. The minimum Gasteiger partial charge on any atom is -0.423 e. The Kier molecular flexibility index (Phi) is 13.2. The van der Waals surface area contributed by atoms with Gasteiger partial charge in [-0.05, 0) is 72.1 Å². The van der Waals surface area contributed by atoms with E-state index in [4.69, 9.17) is 10.0 Å². The summed E-state index contributed by atoms with van der Waals surface area (Å²) in [6.45, 7) is 0. The van der Waals surface area contributed by atoms with Crippen LogP contribution in [0.15, 0.2) is 98.9 Å². The monoisotopic (exact) mass is 642 g/mol. The van der Waals surface area contributed by atoms with Gasteiger partial charge in [0, 0.05) is 54.8 Å². The van der Waals surface area contributed by atoms with E-state index < -0.39 is 12.9 Å². The van der Waals surface area contributed by atoms with E-state index in [2.05, 4.69) is 57.8 Å². The lowest BCUT2D eigenvalue weighted by Crippen LogP contribution is -2.32. The Morgan fingerprint density at radius 1 is 0.667 bits per heavy atom. The highest BCUT2D eigenvalue weighted by Crippen LogP contribution is 2.23. The van der Waals surface area contributed by atoms with E-state index >= 15 is 0 Å². The zero-order valence-corrected chi connectivity index (χ0v) is 21.1. The molecule has 2 N–H and O–H groups in total. The number of rotatable bonds is 2. The van der Waals surface area contributed by atoms with Gasteiger partial charge < -0.3 is 10.0 Å². The van der Waals surface area contributed by atoms with E-state index in [1.54, 1.807) is 43.0 Å². The molecule has 0 spiro atoms. The summed E-state index contributed by atoms with van der Waals surface area (Å²) in [7, 11) is -1.72. The van der Waals surface area contributed by atoms with Crippen LogP contribution in [-0.2, 0) is 0 Å². The minimum atomic E-state index is -1.72. The number of hydrogen-bond acceptors (Lipinski definition) is 4. The van der Waals surface area contributed by atoms with Gasteiger partial charge in [-0.1, -0.05) is 43.8 Å². The summed E-state index contributed by atoms with van der Waals surface area (Å²) in [5.41, 5.74) is 1.25. The molecule has 4 aromatic rings. The van der Waals surface area contributed by atoms with Gasteiger partial charge in [0.25, 0.3) is 0 Å². The smallest absolute Gasteiger partial charge is 0.423 e. The quantitative estimate of drug-likeness (QED) is 0.248. The molecule has 4 rings (SSSR count). The maximum absolute atomic E-state index is 13.4. The van der Waals surface area contributed by atoms with E-state index in [9.17, 15) is 8.78 Å². The first kappa shape index (κ1) is 29.1. The predicted octanol–water partition coefficient (Wildman–Crippen LogP) is 6.40. The van der Waals surface area contributed by atoms with Crippen molar-refractivity contribution >= 4 is 60.4 Å². The number of hydrogen-bond donors (Lipinski definition) is 2. The lowest BCUT2D eigenvalue weighted by atomic mass is 9.80. The van der Waals surface area contributed by atoms with Crippen LogP contribution in [0.25, 0.3) is 11.1 Å². The molecule has 33 heavy (non-hydrogen) atoms. The average Bonchev–Trinajstić information content (AvgIpc) is 2.75. The summed E-state index contributed by atoms with van der Waals surface area (Å²) in [6, 6.07) is 15.9. The van der Waals surface area contributed by atoms with Gasteiger partial charge in [0.1, 0.15) is 11.6 Å². The molecule has 2 heterocycles. The Bertz CT molecular complexity index is 1140. The van der Waals surface area contributed by atoms with E-state index in [0.717, 1.165) is 19.0 Å². The molecule has 0 atom stereocenters. The topological polar surface area (TPSA) is 66.2 Å². The van der Waals surface area contributed by atoms with Crippen LogP contribution in [0.2, 0.25) is 0 Å². The second kappa shape index (κ2) is 15.0. The summed E-state index contributed by atoms with van der Waals surface area (Å²) >= 11 is 9.84. The van der Waals surface area contributed by atoms with Crippen molar-refractivity contribution in [2.24, 2.45) is 0 Å². The highest BCUT2D eigenvalue weighted by molar-refractivity contribution is 9.11. The summed E-state index contributed by atoms with van der Waals surface area (Å²) in [6.07, 6.45) is 6.79. The molecular weight excluding hydrogens is 625 g/mol. The first-order chi connectivity index (χ1) is 15.3. The molecule has 0 radical (unpaired) electrons. The molecule has 0 aliphatic rings. The Balaban J connectivity index is 0.000000255. The largest absolute Gasteiger partial charge is 0.491 e. The zero-order chi connectivity index (χ0) is 23.5. The van der Waals surface area contributed by atoms with Gasteiger partial charge in [-0.2, -0.15) is 0 Å². The third kappa shape index (κ3) is 10.2. The van der Waals surface area contributed by atoms with Crippen LogP contribution in [0.1, 0.15) is 7.43 Å². The Labute approximate surface area is 217 Å². The maximum Gasteiger partial charge on any atom is 0.491 e. The van der Waals surface area contributed by atoms with Gasteiger partial charge in [0.15, 0.2) is 0 Å². The third-order valence-corrected chi connectivity index (χ3v) is 5.05. The van der Waals surface area contributed by atoms with Crippen molar-refractivity contribution < 1.29 is 18.8 Å². The van der Waals surface area contributed by atoms with Gasteiger partial charge >= 0.3 is 7.12 Å². The second-order valence-electron chi connectivity index (χ2n) is 6.09. The molecule has 2 aromatic heterocycles. The van der Waals surface area contributed by atoms with E-state index in [1.807, 2.05) is 12.1 Å². The average molecular weight is 645 g/mol. The Morgan fingerprint density at radius 3 is 1.58 bits per heavy atom. The fraction of sp³-hybridized carbons (Fsp3) is 0.0435. The summed E-state index contributed by atoms with van der Waals surface area (Å²) in [5, 5.41) is 17.0. The highest BCUT2D eigenvalue weighted by atomic mass is 79.9. The van der Waals surface area contributed by atoms with Crippen molar-refractivity contribution in [2.75, 3.05) is 0 Å². The summed E-state index contributed by atoms with van der Waals surface area (Å²) in [4.78, 5) is 7.88. The minimum absolute atomic E-state index is 0. The fourth-order valence-corrected chi connectivity index (χ4v) is 3.73. The molecule has 0 bridgehead atoms. The summed E-state index contributed by atoms with van der Waals surface area (Å²) in [5.74, 6) is -0.829.